The molecule has 4 aromatic rings. The van der Waals surface area contributed by atoms with Gasteiger partial charge < -0.3 is 10.6 Å². The van der Waals surface area contributed by atoms with E-state index >= 15 is 0 Å². The molecule has 300 valence electrons. The molecule has 0 aliphatic carbocycles. The van der Waals surface area contributed by atoms with E-state index in [4.69, 9.17) is 19.0 Å². The Morgan fingerprint density at radius 3 is 1.48 bits per heavy atom. The highest BCUT2D eigenvalue weighted by Crippen LogP contribution is 2.25. The zero-order valence-electron chi connectivity index (χ0n) is 34.6. The molecule has 56 heavy (non-hydrogen) atoms. The minimum atomic E-state index is -2.18. The predicted octanol–water partition coefficient (Wildman–Crippen LogP) is 12.1. The van der Waals surface area contributed by atoms with Gasteiger partial charge in [0.2, 0.25) is 0 Å². The van der Waals surface area contributed by atoms with Crippen LogP contribution in [-0.4, -0.2) is 35.3 Å². The van der Waals surface area contributed by atoms with Crippen molar-refractivity contribution in [3.8, 4) is 23.7 Å². The lowest BCUT2D eigenvalue weighted by Gasteiger charge is -2.14. The molecule has 2 atom stereocenters. The highest BCUT2D eigenvalue weighted by atomic mass is 31.1. The van der Waals surface area contributed by atoms with Gasteiger partial charge in [0.25, 0.3) is 0 Å². The standard InChI is InChI=1S/C48H66N4O3P/c1-5-7-9-11-13-15-17-19-23-41-27-29-43(47-45(41)25-21-33-49-47)37-51-39(3)31-35-54-56(53)55-36-32-40(4)52-38-44-30-28-42(46-26-22-34-50-48(44)46)24-20-18-16-14-12-10-8-6-2/h21-22,25-30,33-34,39-40,51-52H,5-18,31-32,35-38H2,1-4H3/q+1. The van der Waals surface area contributed by atoms with Gasteiger partial charge in [-0.15, -0.1) is 9.05 Å². The van der Waals surface area contributed by atoms with Gasteiger partial charge in [-0.25, -0.2) is 0 Å². The molecule has 8 heteroatoms. The van der Waals surface area contributed by atoms with Crippen LogP contribution in [0.25, 0.3) is 21.8 Å². The monoisotopic (exact) mass is 777 g/mol. The van der Waals surface area contributed by atoms with Gasteiger partial charge >= 0.3 is 8.25 Å². The van der Waals surface area contributed by atoms with Crippen LogP contribution in [-0.2, 0) is 26.7 Å². The molecular formula is C48H66N4O3P+. The van der Waals surface area contributed by atoms with E-state index in [1.165, 1.54) is 64.2 Å². The number of aromatic nitrogens is 2. The minimum Gasteiger partial charge on any atom is -0.310 e. The molecule has 0 aliphatic heterocycles. The SMILES string of the molecule is CCCCCCCCC#Cc1ccc(CNC(C)CCO[P+](=O)OCCC(C)NCc2ccc(C#CCCCCCCCC)c3cccnc23)c2ncccc12. The first-order valence-corrected chi connectivity index (χ1v) is 22.5. The number of benzene rings is 2. The van der Waals surface area contributed by atoms with E-state index in [0.29, 0.717) is 39.1 Å². The Morgan fingerprint density at radius 2 is 1.04 bits per heavy atom. The van der Waals surface area contributed by atoms with Gasteiger partial charge in [0, 0.05) is 76.9 Å². The van der Waals surface area contributed by atoms with Crippen molar-refractivity contribution in [3.63, 3.8) is 0 Å². The van der Waals surface area contributed by atoms with Crippen molar-refractivity contribution >= 4 is 30.1 Å². The summed E-state index contributed by atoms with van der Waals surface area (Å²) in [6.07, 6.45) is 22.3. The van der Waals surface area contributed by atoms with E-state index in [1.54, 1.807) is 0 Å². The van der Waals surface area contributed by atoms with Crippen LogP contribution in [0, 0.1) is 23.7 Å². The van der Waals surface area contributed by atoms with E-state index in [-0.39, 0.29) is 12.1 Å². The van der Waals surface area contributed by atoms with Gasteiger partial charge in [0.1, 0.15) is 13.2 Å². The van der Waals surface area contributed by atoms with Crippen LogP contribution in [0.15, 0.2) is 60.9 Å². The molecule has 0 spiro atoms. The number of unbranched alkanes of at least 4 members (excludes halogenated alkanes) is 12. The second-order valence-electron chi connectivity index (χ2n) is 15.0. The topological polar surface area (TPSA) is 85.4 Å². The smallest absolute Gasteiger partial charge is 0.310 e. The lowest BCUT2D eigenvalue weighted by atomic mass is 10.0. The fourth-order valence-electron chi connectivity index (χ4n) is 6.69. The molecule has 0 radical (unpaired) electrons. The summed E-state index contributed by atoms with van der Waals surface area (Å²) in [5.41, 5.74) is 6.31. The number of pyridine rings is 2. The second kappa shape index (κ2) is 27.0. The number of hydrogen-bond acceptors (Lipinski definition) is 7. The van der Waals surface area contributed by atoms with Gasteiger partial charge in [-0.3, -0.25) is 9.97 Å². The summed E-state index contributed by atoms with van der Waals surface area (Å²) in [7, 11) is -2.18. The Morgan fingerprint density at radius 1 is 0.607 bits per heavy atom. The normalized spacial score (nSPS) is 12.5. The van der Waals surface area contributed by atoms with Crippen molar-refractivity contribution in [2.24, 2.45) is 0 Å². The van der Waals surface area contributed by atoms with Crippen molar-refractivity contribution in [1.82, 2.24) is 20.6 Å². The third-order valence-corrected chi connectivity index (χ3v) is 11.0. The summed E-state index contributed by atoms with van der Waals surface area (Å²) in [4.78, 5) is 9.39. The fraction of sp³-hybridized carbons (Fsp3) is 0.542. The Balaban J connectivity index is 1.12. The first-order valence-electron chi connectivity index (χ1n) is 21.4. The molecule has 0 aliphatic rings. The first kappa shape index (κ1) is 45.0. The summed E-state index contributed by atoms with van der Waals surface area (Å²) in [6, 6.07) is 17.0. The van der Waals surface area contributed by atoms with Crippen LogP contribution in [0.3, 0.4) is 0 Å². The minimum absolute atomic E-state index is 0.162. The van der Waals surface area contributed by atoms with E-state index < -0.39 is 8.25 Å². The summed E-state index contributed by atoms with van der Waals surface area (Å²) in [5, 5.41) is 9.34. The summed E-state index contributed by atoms with van der Waals surface area (Å²) >= 11 is 0. The van der Waals surface area contributed by atoms with Gasteiger partial charge in [-0.05, 0) is 74.9 Å². The number of rotatable bonds is 26. The van der Waals surface area contributed by atoms with Gasteiger partial charge in [0.15, 0.2) is 0 Å². The number of nitrogens with one attached hydrogen (secondary N) is 2. The lowest BCUT2D eigenvalue weighted by Crippen LogP contribution is -2.27. The highest BCUT2D eigenvalue weighted by molar-refractivity contribution is 7.33. The maximum Gasteiger partial charge on any atom is 0.697 e. The quantitative estimate of drug-likeness (QED) is 0.0373. The number of hydrogen-bond donors (Lipinski definition) is 2. The third kappa shape index (κ3) is 16.4. The van der Waals surface area contributed by atoms with E-state index in [9.17, 15) is 4.57 Å². The maximum absolute atomic E-state index is 12.5. The molecule has 2 N–H and O–H groups in total. The van der Waals surface area contributed by atoms with Crippen LogP contribution in [0.5, 0.6) is 0 Å². The molecule has 0 saturated carbocycles. The van der Waals surface area contributed by atoms with Crippen molar-refractivity contribution in [3.05, 3.63) is 83.2 Å². The average Bonchev–Trinajstić information content (AvgIpc) is 3.21. The van der Waals surface area contributed by atoms with Crippen LogP contribution in [0.4, 0.5) is 0 Å². The van der Waals surface area contributed by atoms with Crippen molar-refractivity contribution in [2.75, 3.05) is 13.2 Å². The van der Waals surface area contributed by atoms with Crippen molar-refractivity contribution in [1.29, 1.82) is 0 Å². The van der Waals surface area contributed by atoms with E-state index in [1.807, 2.05) is 24.5 Å². The predicted molar refractivity (Wildman–Crippen MR) is 235 cm³/mol. The number of fused-ring (bicyclic) bond motifs is 2. The first-order chi connectivity index (χ1) is 27.5. The summed E-state index contributed by atoms with van der Waals surface area (Å²) < 4.78 is 23.6. The largest absolute Gasteiger partial charge is 0.697 e. The molecule has 7 nitrogen and oxygen atoms in total. The number of nitrogens with zero attached hydrogens (tertiary/aromatic N) is 2. The maximum atomic E-state index is 12.5. The molecule has 2 unspecified atom stereocenters. The zero-order valence-corrected chi connectivity index (χ0v) is 35.5. The fourth-order valence-corrected chi connectivity index (χ4v) is 7.27. The van der Waals surface area contributed by atoms with Gasteiger partial charge in [-0.1, -0.05) is 126 Å². The van der Waals surface area contributed by atoms with Crippen molar-refractivity contribution in [2.45, 2.75) is 156 Å². The van der Waals surface area contributed by atoms with E-state index in [2.05, 4.69) is 98.4 Å². The molecule has 2 heterocycles. The zero-order chi connectivity index (χ0) is 39.6. The van der Waals surface area contributed by atoms with E-state index in [0.717, 1.165) is 69.7 Å². The third-order valence-electron chi connectivity index (χ3n) is 10.2. The summed E-state index contributed by atoms with van der Waals surface area (Å²) in [5.74, 6) is 13.6. The Labute approximate surface area is 338 Å². The van der Waals surface area contributed by atoms with Gasteiger partial charge in [-0.2, -0.15) is 0 Å². The Hall–Kier alpha value is -3.68. The second-order valence-corrected chi connectivity index (χ2v) is 16.0. The Kier molecular flexibility index (Phi) is 21.7. The molecule has 2 aromatic carbocycles. The van der Waals surface area contributed by atoms with Crippen molar-refractivity contribution < 1.29 is 13.6 Å². The highest BCUT2D eigenvalue weighted by Gasteiger charge is 2.21. The van der Waals surface area contributed by atoms with Crippen LogP contribution in [0.1, 0.15) is 153 Å². The molecule has 0 amide bonds. The van der Waals surface area contributed by atoms with Crippen LogP contribution < -0.4 is 10.6 Å². The van der Waals surface area contributed by atoms with Crippen LogP contribution >= 0.6 is 8.25 Å². The molecule has 2 aromatic heterocycles. The Bertz CT molecular complexity index is 1760. The summed E-state index contributed by atoms with van der Waals surface area (Å²) in [6.45, 7) is 10.8. The van der Waals surface area contributed by atoms with Crippen LogP contribution in [0.2, 0.25) is 0 Å². The molecule has 4 rings (SSSR count). The average molecular weight is 778 g/mol. The molecule has 0 fully saturated rings. The molecular weight excluding hydrogens is 712 g/mol. The molecule has 0 bridgehead atoms. The lowest BCUT2D eigenvalue weighted by molar-refractivity contribution is 0.210. The van der Waals surface area contributed by atoms with Gasteiger partial charge in [0.05, 0.1) is 11.0 Å². The molecule has 0 saturated heterocycles.